The fourth-order valence-corrected chi connectivity index (χ4v) is 4.47. The summed E-state index contributed by atoms with van der Waals surface area (Å²) in [5.41, 5.74) is 3.64. The number of ether oxygens (including phenoxy) is 1. The number of carbonyl (C=O) groups is 2. The molecule has 1 amide bonds. The van der Waals surface area contributed by atoms with E-state index in [0.717, 1.165) is 16.8 Å². The average Bonchev–Trinajstić information content (AvgIpc) is 3.61. The number of aryl methyl sites for hydroxylation is 1. The highest BCUT2D eigenvalue weighted by Gasteiger charge is 2.35. The predicted molar refractivity (Wildman–Crippen MR) is 128 cm³/mol. The van der Waals surface area contributed by atoms with Crippen molar-refractivity contribution in [2.75, 3.05) is 12.9 Å². The standard InChI is InChI=1S/C25H22N4O4S/c1-16-8-10-17(11-9-16)18-14-20(21-7-5-13-32-21)29(27-18)22(30)15-33-24(31)23-19-6-3-4-12-28(19)25(26-23)34-2/h3-13,20H,14-15H2,1-2H3. The number of pyridine rings is 1. The quantitative estimate of drug-likeness (QED) is 0.302. The van der Waals surface area contributed by atoms with Gasteiger partial charge in [-0.1, -0.05) is 47.7 Å². The third kappa shape index (κ3) is 4.10. The molecule has 34 heavy (non-hydrogen) atoms. The second kappa shape index (κ2) is 9.18. The van der Waals surface area contributed by atoms with E-state index in [0.29, 0.717) is 22.9 Å². The Morgan fingerprint density at radius 2 is 1.97 bits per heavy atom. The molecule has 4 heterocycles. The Morgan fingerprint density at radius 3 is 2.71 bits per heavy atom. The highest BCUT2D eigenvalue weighted by atomic mass is 32.2. The zero-order chi connectivity index (χ0) is 23.7. The van der Waals surface area contributed by atoms with E-state index in [2.05, 4.69) is 10.1 Å². The lowest BCUT2D eigenvalue weighted by Crippen LogP contribution is -2.31. The van der Waals surface area contributed by atoms with Crippen LogP contribution in [-0.4, -0.2) is 44.8 Å². The molecule has 0 N–H and O–H groups in total. The van der Waals surface area contributed by atoms with Gasteiger partial charge in [0.25, 0.3) is 5.91 Å². The molecule has 4 aromatic rings. The normalized spacial score (nSPS) is 15.5. The molecule has 1 atom stereocenters. The Labute approximate surface area is 200 Å². The molecule has 9 heteroatoms. The Kier molecular flexibility index (Phi) is 5.93. The van der Waals surface area contributed by atoms with Gasteiger partial charge in [-0.25, -0.2) is 14.8 Å². The number of amides is 1. The fraction of sp³-hybridized carbons (Fsp3) is 0.200. The second-order valence-electron chi connectivity index (χ2n) is 7.87. The van der Waals surface area contributed by atoms with Crippen LogP contribution in [-0.2, 0) is 9.53 Å². The van der Waals surface area contributed by atoms with E-state index >= 15 is 0 Å². The number of rotatable bonds is 6. The lowest BCUT2D eigenvalue weighted by atomic mass is 10.0. The summed E-state index contributed by atoms with van der Waals surface area (Å²) in [6, 6.07) is 16.6. The Bertz CT molecular complexity index is 1380. The average molecular weight is 475 g/mol. The van der Waals surface area contributed by atoms with Crippen LogP contribution in [0.5, 0.6) is 0 Å². The molecule has 0 saturated carbocycles. The van der Waals surface area contributed by atoms with E-state index in [1.807, 2.05) is 66.2 Å². The summed E-state index contributed by atoms with van der Waals surface area (Å²) in [6.45, 7) is 1.56. The number of thioether (sulfide) groups is 1. The maximum absolute atomic E-state index is 13.1. The van der Waals surface area contributed by atoms with Crippen LogP contribution in [0.4, 0.5) is 0 Å². The van der Waals surface area contributed by atoms with E-state index in [4.69, 9.17) is 9.15 Å². The lowest BCUT2D eigenvalue weighted by molar-refractivity contribution is -0.136. The predicted octanol–water partition coefficient (Wildman–Crippen LogP) is 4.49. The Hall–Kier alpha value is -3.85. The van der Waals surface area contributed by atoms with E-state index in [9.17, 15) is 9.59 Å². The van der Waals surface area contributed by atoms with Gasteiger partial charge in [0, 0.05) is 12.6 Å². The first-order chi connectivity index (χ1) is 16.5. The van der Waals surface area contributed by atoms with Crippen molar-refractivity contribution in [3.63, 3.8) is 0 Å². The molecule has 1 unspecified atom stereocenters. The van der Waals surface area contributed by atoms with Gasteiger partial charge in [-0.05, 0) is 43.0 Å². The minimum absolute atomic E-state index is 0.172. The number of hydrazone groups is 1. The van der Waals surface area contributed by atoms with E-state index in [-0.39, 0.29) is 5.69 Å². The Morgan fingerprint density at radius 1 is 1.15 bits per heavy atom. The highest BCUT2D eigenvalue weighted by molar-refractivity contribution is 7.98. The molecule has 0 spiro atoms. The molecule has 0 radical (unpaired) electrons. The number of fused-ring (bicyclic) bond motifs is 1. The molecular weight excluding hydrogens is 452 g/mol. The summed E-state index contributed by atoms with van der Waals surface area (Å²) in [7, 11) is 0. The van der Waals surface area contributed by atoms with Crippen molar-refractivity contribution < 1.29 is 18.7 Å². The maximum Gasteiger partial charge on any atom is 0.359 e. The van der Waals surface area contributed by atoms with Crippen molar-refractivity contribution in [1.82, 2.24) is 14.4 Å². The third-order valence-corrected chi connectivity index (χ3v) is 6.29. The van der Waals surface area contributed by atoms with Gasteiger partial charge in [-0.15, -0.1) is 0 Å². The minimum Gasteiger partial charge on any atom is -0.467 e. The highest BCUT2D eigenvalue weighted by Crippen LogP contribution is 2.33. The summed E-state index contributed by atoms with van der Waals surface area (Å²) >= 11 is 1.42. The molecule has 3 aromatic heterocycles. The topological polar surface area (TPSA) is 89.4 Å². The molecule has 1 aliphatic heterocycles. The summed E-state index contributed by atoms with van der Waals surface area (Å²) in [5.74, 6) is -0.477. The van der Waals surface area contributed by atoms with Crippen LogP contribution in [0.3, 0.4) is 0 Å². The number of furan rings is 1. The van der Waals surface area contributed by atoms with Gasteiger partial charge >= 0.3 is 5.97 Å². The maximum atomic E-state index is 13.1. The number of aromatic nitrogens is 2. The van der Waals surface area contributed by atoms with Crippen LogP contribution >= 0.6 is 11.8 Å². The molecule has 0 bridgehead atoms. The molecule has 1 aromatic carbocycles. The minimum atomic E-state index is -0.658. The van der Waals surface area contributed by atoms with Crippen LogP contribution < -0.4 is 0 Å². The van der Waals surface area contributed by atoms with Crippen LogP contribution in [0, 0.1) is 6.92 Å². The smallest absolute Gasteiger partial charge is 0.359 e. The van der Waals surface area contributed by atoms with Gasteiger partial charge in [0.2, 0.25) is 0 Å². The van der Waals surface area contributed by atoms with Crippen LogP contribution in [0.25, 0.3) is 5.52 Å². The number of carbonyl (C=O) groups excluding carboxylic acids is 2. The van der Waals surface area contributed by atoms with Crippen LogP contribution in [0.2, 0.25) is 0 Å². The molecule has 5 rings (SSSR count). The zero-order valence-electron chi connectivity index (χ0n) is 18.7. The van der Waals surface area contributed by atoms with Gasteiger partial charge in [-0.2, -0.15) is 5.10 Å². The van der Waals surface area contributed by atoms with Gasteiger partial charge in [0.05, 0.1) is 17.5 Å². The van der Waals surface area contributed by atoms with Gasteiger partial charge in [0.15, 0.2) is 17.5 Å². The lowest BCUT2D eigenvalue weighted by Gasteiger charge is -2.19. The van der Waals surface area contributed by atoms with Gasteiger partial charge in [0.1, 0.15) is 11.8 Å². The number of nitrogens with zero attached hydrogens (tertiary/aromatic N) is 4. The second-order valence-corrected chi connectivity index (χ2v) is 8.64. The SMILES string of the molecule is CSc1nc(C(=O)OCC(=O)N2N=C(c3ccc(C)cc3)CC2c2ccco2)c2ccccn12. The first-order valence-corrected chi connectivity index (χ1v) is 12.0. The number of benzene rings is 1. The largest absolute Gasteiger partial charge is 0.467 e. The molecular formula is C25H22N4O4S. The van der Waals surface area contributed by atoms with E-state index < -0.39 is 24.5 Å². The first kappa shape index (κ1) is 22.0. The van der Waals surface area contributed by atoms with Crippen molar-refractivity contribution in [3.05, 3.63) is 89.6 Å². The molecule has 1 aliphatic rings. The molecule has 0 aliphatic carbocycles. The van der Waals surface area contributed by atoms with E-state index in [1.54, 1.807) is 18.4 Å². The van der Waals surface area contributed by atoms with Crippen molar-refractivity contribution in [2.45, 2.75) is 24.5 Å². The number of esters is 1. The van der Waals surface area contributed by atoms with Crippen molar-refractivity contribution in [2.24, 2.45) is 5.10 Å². The molecule has 0 fully saturated rings. The molecule has 0 saturated heterocycles. The third-order valence-electron chi connectivity index (χ3n) is 5.64. The van der Waals surface area contributed by atoms with Gasteiger partial charge in [-0.3, -0.25) is 9.20 Å². The molecule has 8 nitrogen and oxygen atoms in total. The van der Waals surface area contributed by atoms with Gasteiger partial charge < -0.3 is 9.15 Å². The van der Waals surface area contributed by atoms with Crippen LogP contribution in [0.1, 0.15) is 39.8 Å². The summed E-state index contributed by atoms with van der Waals surface area (Å²) in [6.07, 6.45) is 5.77. The summed E-state index contributed by atoms with van der Waals surface area (Å²) in [5, 5.41) is 6.58. The monoisotopic (exact) mass is 474 g/mol. The summed E-state index contributed by atoms with van der Waals surface area (Å²) < 4.78 is 12.8. The molecule has 172 valence electrons. The zero-order valence-corrected chi connectivity index (χ0v) is 19.5. The first-order valence-electron chi connectivity index (χ1n) is 10.7. The van der Waals surface area contributed by atoms with Crippen LogP contribution in [0.15, 0.2) is 81.7 Å². The Balaban J connectivity index is 1.36. The fourth-order valence-electron chi connectivity index (χ4n) is 3.93. The van der Waals surface area contributed by atoms with Crippen molar-refractivity contribution in [3.8, 4) is 0 Å². The van der Waals surface area contributed by atoms with E-state index in [1.165, 1.54) is 16.8 Å². The number of imidazole rings is 1. The number of hydrogen-bond acceptors (Lipinski definition) is 7. The number of hydrogen-bond donors (Lipinski definition) is 0. The van der Waals surface area contributed by atoms with Crippen molar-refractivity contribution >= 4 is 34.9 Å². The van der Waals surface area contributed by atoms with Crippen molar-refractivity contribution in [1.29, 1.82) is 0 Å². The summed E-state index contributed by atoms with van der Waals surface area (Å²) in [4.78, 5) is 30.3.